The van der Waals surface area contributed by atoms with Gasteiger partial charge in [-0.2, -0.15) is 0 Å². The maximum atomic E-state index is 13.0. The van der Waals surface area contributed by atoms with E-state index >= 15 is 0 Å². The number of fused-ring (bicyclic) bond motifs is 1. The second kappa shape index (κ2) is 10.4. The fraction of sp³-hybridized carbons (Fsp3) is 0.333. The molecule has 3 aromatic rings. The summed E-state index contributed by atoms with van der Waals surface area (Å²) >= 11 is 0. The molecule has 6 heteroatoms. The van der Waals surface area contributed by atoms with Gasteiger partial charge in [0.2, 0.25) is 0 Å². The van der Waals surface area contributed by atoms with Crippen molar-refractivity contribution < 1.29 is 18.8 Å². The summed E-state index contributed by atoms with van der Waals surface area (Å²) < 4.78 is 12.7. The Labute approximate surface area is 215 Å². The van der Waals surface area contributed by atoms with Crippen LogP contribution in [0.3, 0.4) is 0 Å². The molecule has 0 radical (unpaired) electrons. The van der Waals surface area contributed by atoms with Crippen LogP contribution in [0.1, 0.15) is 52.6 Å². The topological polar surface area (TPSA) is 55.8 Å². The second-order valence-electron chi connectivity index (χ2n) is 10.9. The van der Waals surface area contributed by atoms with E-state index in [-0.39, 0.29) is 29.5 Å². The molecule has 0 saturated carbocycles. The molecule has 3 aromatic carbocycles. The molecule has 0 saturated heterocycles. The van der Waals surface area contributed by atoms with E-state index in [4.69, 9.17) is 9.16 Å². The zero-order valence-electron chi connectivity index (χ0n) is 21.8. The molecule has 2 amide bonds. The van der Waals surface area contributed by atoms with E-state index in [0.717, 1.165) is 16.9 Å². The third-order valence-electron chi connectivity index (χ3n) is 7.17. The summed E-state index contributed by atoms with van der Waals surface area (Å²) in [6.07, 6.45) is 0.294. The molecular formula is C30H35NO4Si. The molecule has 0 bridgehead atoms. The highest BCUT2D eigenvalue weighted by Gasteiger charge is 2.42. The Kier molecular flexibility index (Phi) is 7.48. The summed E-state index contributed by atoms with van der Waals surface area (Å²) in [6, 6.07) is 25.1. The summed E-state index contributed by atoms with van der Waals surface area (Å²) in [7, 11) is -2.15. The molecule has 0 spiro atoms. The van der Waals surface area contributed by atoms with Crippen molar-refractivity contribution in [3.8, 4) is 5.75 Å². The highest BCUT2D eigenvalue weighted by atomic mass is 28.4. The van der Waals surface area contributed by atoms with Crippen LogP contribution in [-0.2, 0) is 17.5 Å². The Hall–Kier alpha value is -3.22. The Morgan fingerprint density at radius 1 is 0.778 bits per heavy atom. The minimum atomic E-state index is -2.15. The molecule has 0 unspecified atom stereocenters. The number of hydrogen-bond donors (Lipinski definition) is 0. The second-order valence-corrected chi connectivity index (χ2v) is 15.6. The largest absolute Gasteiger partial charge is 0.489 e. The van der Waals surface area contributed by atoms with Crippen molar-refractivity contribution in [1.29, 1.82) is 0 Å². The van der Waals surface area contributed by atoms with Crippen LogP contribution in [0.15, 0.2) is 78.9 Å². The van der Waals surface area contributed by atoms with E-state index in [1.54, 1.807) is 24.3 Å². The number of imide groups is 1. The predicted molar refractivity (Wildman–Crippen MR) is 145 cm³/mol. The van der Waals surface area contributed by atoms with Crippen LogP contribution in [-0.4, -0.2) is 37.7 Å². The Bertz CT molecular complexity index is 1180. The molecule has 0 aliphatic carbocycles. The average molecular weight is 502 g/mol. The van der Waals surface area contributed by atoms with Crippen molar-refractivity contribution >= 4 is 20.1 Å². The molecule has 36 heavy (non-hydrogen) atoms. The number of ether oxygens (including phenoxy) is 1. The number of nitrogens with zero attached hydrogens (tertiary/aromatic N) is 1. The third kappa shape index (κ3) is 5.77. The zero-order valence-corrected chi connectivity index (χ0v) is 22.8. The monoisotopic (exact) mass is 501 g/mol. The van der Waals surface area contributed by atoms with Crippen LogP contribution in [0, 0.1) is 0 Å². The van der Waals surface area contributed by atoms with Crippen LogP contribution >= 0.6 is 0 Å². The summed E-state index contributed by atoms with van der Waals surface area (Å²) in [5.74, 6) is 0.304. The molecule has 0 N–H and O–H groups in total. The molecule has 0 fully saturated rings. The van der Waals surface area contributed by atoms with Crippen molar-refractivity contribution in [2.45, 2.75) is 58.0 Å². The lowest BCUT2D eigenvalue weighted by Gasteiger charge is -2.40. The first-order chi connectivity index (χ1) is 17.0. The van der Waals surface area contributed by atoms with Gasteiger partial charge in [-0.3, -0.25) is 14.5 Å². The zero-order chi connectivity index (χ0) is 25.9. The highest BCUT2D eigenvalue weighted by molar-refractivity contribution is 6.74. The maximum absolute atomic E-state index is 13.0. The van der Waals surface area contributed by atoms with Crippen molar-refractivity contribution in [1.82, 2.24) is 4.90 Å². The predicted octanol–water partition coefficient (Wildman–Crippen LogP) is 6.49. The van der Waals surface area contributed by atoms with Gasteiger partial charge in [0, 0.05) is 0 Å². The summed E-state index contributed by atoms with van der Waals surface area (Å²) in [4.78, 5) is 27.4. The van der Waals surface area contributed by atoms with Gasteiger partial charge in [-0.05, 0) is 59.9 Å². The minimum absolute atomic E-state index is 0.00236. The minimum Gasteiger partial charge on any atom is -0.489 e. The van der Waals surface area contributed by atoms with E-state index in [0.29, 0.717) is 24.2 Å². The van der Waals surface area contributed by atoms with Crippen molar-refractivity contribution in [3.05, 3.63) is 101 Å². The quantitative estimate of drug-likeness (QED) is 0.248. The van der Waals surface area contributed by atoms with Crippen molar-refractivity contribution in [2.24, 2.45) is 0 Å². The normalized spacial score (nSPS) is 14.6. The lowest BCUT2D eigenvalue weighted by molar-refractivity contribution is 0.0557. The van der Waals surface area contributed by atoms with Gasteiger partial charge in [-0.1, -0.05) is 75.4 Å². The number of hydrogen-bond acceptors (Lipinski definition) is 4. The van der Waals surface area contributed by atoms with E-state index < -0.39 is 8.32 Å². The molecule has 4 rings (SSSR count). The molecule has 1 atom stereocenters. The van der Waals surface area contributed by atoms with E-state index in [9.17, 15) is 9.59 Å². The van der Waals surface area contributed by atoms with Crippen LogP contribution in [0.2, 0.25) is 18.1 Å². The molecule has 1 aliphatic heterocycles. The van der Waals surface area contributed by atoms with Gasteiger partial charge >= 0.3 is 0 Å². The summed E-state index contributed by atoms with van der Waals surface area (Å²) in [5, 5.41) is 0.00236. The summed E-state index contributed by atoms with van der Waals surface area (Å²) in [5.41, 5.74) is 3.12. The number of benzene rings is 3. The molecule has 1 aliphatic rings. The molecule has 188 valence electrons. The van der Waals surface area contributed by atoms with Gasteiger partial charge in [0.05, 0.1) is 23.8 Å². The van der Waals surface area contributed by atoms with Gasteiger partial charge < -0.3 is 9.16 Å². The van der Waals surface area contributed by atoms with Gasteiger partial charge in [-0.25, -0.2) is 0 Å². The van der Waals surface area contributed by atoms with Gasteiger partial charge in [0.25, 0.3) is 11.8 Å². The fourth-order valence-corrected chi connectivity index (χ4v) is 5.42. The number of carbonyl (C=O) groups excluding carboxylic acids is 2. The molecule has 0 aromatic heterocycles. The Balaban J connectivity index is 1.49. The van der Waals surface area contributed by atoms with Crippen LogP contribution in [0.4, 0.5) is 0 Å². The number of carbonyl (C=O) groups is 2. The highest BCUT2D eigenvalue weighted by Crippen LogP contribution is 2.38. The number of amides is 2. The van der Waals surface area contributed by atoms with Crippen LogP contribution < -0.4 is 4.74 Å². The first kappa shape index (κ1) is 25.9. The maximum Gasteiger partial charge on any atom is 0.261 e. The first-order valence-electron chi connectivity index (χ1n) is 12.4. The molecule has 1 heterocycles. The molecule has 5 nitrogen and oxygen atoms in total. The average Bonchev–Trinajstić information content (AvgIpc) is 3.08. The Morgan fingerprint density at radius 3 is 1.89 bits per heavy atom. The van der Waals surface area contributed by atoms with E-state index in [1.165, 1.54) is 4.90 Å². The van der Waals surface area contributed by atoms with Crippen LogP contribution in [0.5, 0.6) is 5.75 Å². The van der Waals surface area contributed by atoms with Gasteiger partial charge in [-0.15, -0.1) is 0 Å². The van der Waals surface area contributed by atoms with Gasteiger partial charge in [0.15, 0.2) is 8.32 Å². The van der Waals surface area contributed by atoms with Crippen LogP contribution in [0.25, 0.3) is 0 Å². The van der Waals surface area contributed by atoms with E-state index in [1.807, 2.05) is 54.6 Å². The van der Waals surface area contributed by atoms with E-state index in [2.05, 4.69) is 33.9 Å². The third-order valence-corrected chi connectivity index (χ3v) is 11.7. The van der Waals surface area contributed by atoms with Gasteiger partial charge in [0.1, 0.15) is 12.4 Å². The number of rotatable bonds is 9. The lowest BCUT2D eigenvalue weighted by atomic mass is 10.1. The molecular weight excluding hydrogens is 466 g/mol. The summed E-state index contributed by atoms with van der Waals surface area (Å²) in [6.45, 7) is 11.7. The standard InChI is InChI=1S/C30H35NO4Si/c1-30(2,3)36(4,5)35-25(20-31-28(32)26-13-9-10-14-27(26)29(31)33)19-22-15-17-24(18-16-22)34-21-23-11-7-6-8-12-23/h6-18,25H,19-21H2,1-5H3/t25-/m0/s1. The van der Waals surface area contributed by atoms with Crippen molar-refractivity contribution in [3.63, 3.8) is 0 Å². The SMILES string of the molecule is CC(C)(C)[Si](C)(C)O[C@@H](Cc1ccc(OCc2ccccc2)cc1)CN1C(=O)c2ccccc2C1=O. The first-order valence-corrected chi connectivity index (χ1v) is 15.3. The smallest absolute Gasteiger partial charge is 0.261 e. The van der Waals surface area contributed by atoms with Crippen molar-refractivity contribution in [2.75, 3.05) is 6.54 Å². The lowest BCUT2D eigenvalue weighted by Crippen LogP contribution is -2.48. The fourth-order valence-electron chi connectivity index (χ4n) is 4.07. The Morgan fingerprint density at radius 2 is 1.33 bits per heavy atom.